The van der Waals surface area contributed by atoms with Crippen LogP contribution in [0.15, 0.2) is 60.5 Å². The predicted molar refractivity (Wildman–Crippen MR) is 132 cm³/mol. The van der Waals surface area contributed by atoms with Gasteiger partial charge in [-0.25, -0.2) is 4.57 Å². The first-order chi connectivity index (χ1) is 14.6. The van der Waals surface area contributed by atoms with Crippen LogP contribution in [0.25, 0.3) is 12.2 Å². The second kappa shape index (κ2) is 11.0. The molecule has 1 aliphatic heterocycles. The summed E-state index contributed by atoms with van der Waals surface area (Å²) in [6.07, 6.45) is 14.0. The Balaban J connectivity index is 1.50. The zero-order valence-electron chi connectivity index (χ0n) is 18.4. The summed E-state index contributed by atoms with van der Waals surface area (Å²) in [5.74, 6) is 1.03. The van der Waals surface area contributed by atoms with Crippen LogP contribution in [0, 0.1) is 0 Å². The fourth-order valence-corrected chi connectivity index (χ4v) is 4.51. The third-order valence-corrected chi connectivity index (χ3v) is 6.62. The van der Waals surface area contributed by atoms with Crippen molar-refractivity contribution in [3.63, 3.8) is 0 Å². The van der Waals surface area contributed by atoms with E-state index in [0.29, 0.717) is 0 Å². The first-order valence-corrected chi connectivity index (χ1v) is 11.6. The monoisotopic (exact) mass is 421 g/mol. The lowest BCUT2D eigenvalue weighted by Gasteiger charge is -2.27. The Morgan fingerprint density at radius 1 is 1.23 bits per heavy atom. The number of aryl methyl sites for hydroxylation is 2. The van der Waals surface area contributed by atoms with Crippen molar-refractivity contribution < 1.29 is 4.57 Å². The van der Waals surface area contributed by atoms with E-state index in [0.717, 1.165) is 30.4 Å². The molecule has 1 aromatic heterocycles. The molecule has 1 aliphatic rings. The minimum absolute atomic E-state index is 1.00. The van der Waals surface area contributed by atoms with Crippen molar-refractivity contribution in [1.82, 2.24) is 4.90 Å². The molecule has 2 heterocycles. The fraction of sp³-hybridized carbons (Fsp3) is 0.360. The number of rotatable bonds is 7. The molecule has 0 aliphatic carbocycles. The molecule has 1 aromatic carbocycles. The van der Waals surface area contributed by atoms with E-state index in [4.69, 9.17) is 0 Å². The molecule has 0 saturated heterocycles. The lowest BCUT2D eigenvalue weighted by atomic mass is 9.99. The molecule has 2 aromatic rings. The number of amidine groups is 1. The Labute approximate surface area is 185 Å². The molecule has 0 radical (unpaired) electrons. The Hall–Kier alpha value is -2.53. The lowest BCUT2D eigenvalue weighted by molar-refractivity contribution is -0.696. The number of hydrogen-bond acceptors (Lipinski definition) is 3. The second-order valence-corrected chi connectivity index (χ2v) is 8.68. The Kier molecular flexibility index (Phi) is 8.14. The summed E-state index contributed by atoms with van der Waals surface area (Å²) in [7, 11) is 5.99. The maximum atomic E-state index is 4.31. The third kappa shape index (κ3) is 5.99. The van der Waals surface area contributed by atoms with Crippen LogP contribution in [0.2, 0.25) is 0 Å². The quantitative estimate of drug-likeness (QED) is 0.280. The zero-order chi connectivity index (χ0) is 21.3. The zero-order valence-corrected chi connectivity index (χ0v) is 19.2. The number of nitrogens with zero attached hydrogens (tertiary/aromatic N) is 4. The van der Waals surface area contributed by atoms with E-state index in [2.05, 4.69) is 83.0 Å². The molecule has 30 heavy (non-hydrogen) atoms. The lowest BCUT2D eigenvalue weighted by Crippen LogP contribution is -2.33. The largest absolute Gasteiger partial charge is 0.374 e. The summed E-state index contributed by atoms with van der Waals surface area (Å²) in [6, 6.07) is 11.2. The van der Waals surface area contributed by atoms with Crippen LogP contribution < -0.4 is 9.47 Å². The predicted octanol–water partition coefficient (Wildman–Crippen LogP) is 4.71. The van der Waals surface area contributed by atoms with Crippen molar-refractivity contribution in [3.05, 3.63) is 72.2 Å². The molecule has 0 unspecified atom stereocenters. The number of pyridine rings is 1. The summed E-state index contributed by atoms with van der Waals surface area (Å²) < 4.78 is 2.24. The molecule has 5 heteroatoms. The summed E-state index contributed by atoms with van der Waals surface area (Å²) in [6.45, 7) is 5.95. The van der Waals surface area contributed by atoms with Crippen molar-refractivity contribution in [3.8, 4) is 0 Å². The highest BCUT2D eigenvalue weighted by Crippen LogP contribution is 2.27. The van der Waals surface area contributed by atoms with Crippen LogP contribution in [-0.4, -0.2) is 43.5 Å². The van der Waals surface area contributed by atoms with E-state index in [-0.39, 0.29) is 0 Å². The average molecular weight is 422 g/mol. The number of aromatic nitrogens is 1. The summed E-state index contributed by atoms with van der Waals surface area (Å²) >= 11 is 1.77. The van der Waals surface area contributed by atoms with Gasteiger partial charge in [-0.3, -0.25) is 4.99 Å². The van der Waals surface area contributed by atoms with Crippen molar-refractivity contribution in [2.24, 2.45) is 4.99 Å². The van der Waals surface area contributed by atoms with E-state index >= 15 is 0 Å². The Morgan fingerprint density at radius 2 is 2.00 bits per heavy atom. The van der Waals surface area contributed by atoms with Gasteiger partial charge in [0.1, 0.15) is 6.54 Å². The molecule has 0 saturated carbocycles. The highest BCUT2D eigenvalue weighted by Gasteiger charge is 2.13. The molecule has 0 atom stereocenters. The molecule has 0 bridgehead atoms. The maximum Gasteiger partial charge on any atom is 0.169 e. The molecular formula is C25H33N4S+. The van der Waals surface area contributed by atoms with Crippen LogP contribution >= 0.6 is 11.8 Å². The molecule has 0 fully saturated rings. The summed E-state index contributed by atoms with van der Waals surface area (Å²) in [4.78, 5) is 8.62. The number of thioether (sulfide) groups is 1. The van der Waals surface area contributed by atoms with Crippen LogP contribution in [-0.2, 0) is 13.0 Å². The number of anilines is 1. The van der Waals surface area contributed by atoms with Gasteiger partial charge in [0, 0.05) is 57.7 Å². The number of benzene rings is 1. The van der Waals surface area contributed by atoms with E-state index < -0.39 is 0 Å². The maximum absolute atomic E-state index is 4.31. The van der Waals surface area contributed by atoms with Crippen molar-refractivity contribution in [1.29, 1.82) is 0 Å². The summed E-state index contributed by atoms with van der Waals surface area (Å²) in [5.41, 5.74) is 5.34. The molecule has 4 nitrogen and oxygen atoms in total. The topological polar surface area (TPSA) is 22.7 Å². The smallest absolute Gasteiger partial charge is 0.169 e. The minimum atomic E-state index is 1.00. The molecule has 0 N–H and O–H groups in total. The van der Waals surface area contributed by atoms with Crippen LogP contribution in [0.5, 0.6) is 0 Å². The Bertz CT molecular complexity index is 902. The third-order valence-electron chi connectivity index (χ3n) is 5.40. The van der Waals surface area contributed by atoms with E-state index in [1.807, 2.05) is 19.0 Å². The molecule has 3 rings (SSSR count). The van der Waals surface area contributed by atoms with Gasteiger partial charge in [0.2, 0.25) is 0 Å². The molecular weight excluding hydrogens is 388 g/mol. The van der Waals surface area contributed by atoms with Crippen LogP contribution in [0.3, 0.4) is 0 Å². The van der Waals surface area contributed by atoms with E-state index in [1.54, 1.807) is 18.0 Å². The van der Waals surface area contributed by atoms with Gasteiger partial charge < -0.3 is 9.80 Å². The van der Waals surface area contributed by atoms with Crippen molar-refractivity contribution >= 4 is 34.8 Å². The first-order valence-electron chi connectivity index (χ1n) is 10.6. The van der Waals surface area contributed by atoms with Gasteiger partial charge in [-0.15, -0.1) is 0 Å². The number of hydrogen-bond donors (Lipinski definition) is 0. The van der Waals surface area contributed by atoms with Crippen LogP contribution in [0.1, 0.15) is 29.5 Å². The highest BCUT2D eigenvalue weighted by atomic mass is 32.2. The minimum Gasteiger partial charge on any atom is -0.374 e. The fourth-order valence-electron chi connectivity index (χ4n) is 3.64. The van der Waals surface area contributed by atoms with Gasteiger partial charge in [-0.2, -0.15) is 0 Å². The molecule has 0 amide bonds. The first kappa shape index (κ1) is 22.2. The second-order valence-electron chi connectivity index (χ2n) is 7.62. The van der Waals surface area contributed by atoms with Gasteiger partial charge in [-0.1, -0.05) is 36.6 Å². The number of fused-ring (bicyclic) bond motifs is 1. The average Bonchev–Trinajstić information content (AvgIpc) is 2.78. The van der Waals surface area contributed by atoms with Gasteiger partial charge in [0.05, 0.1) is 0 Å². The normalized spacial score (nSPS) is 14.1. The van der Waals surface area contributed by atoms with Gasteiger partial charge in [0.25, 0.3) is 0 Å². The van der Waals surface area contributed by atoms with Gasteiger partial charge in [-0.05, 0) is 47.9 Å². The van der Waals surface area contributed by atoms with Gasteiger partial charge >= 0.3 is 0 Å². The molecule has 158 valence electrons. The molecule has 0 spiro atoms. The summed E-state index contributed by atoms with van der Waals surface area (Å²) in [5, 5.41) is 1.00. The van der Waals surface area contributed by atoms with E-state index in [1.165, 1.54) is 35.2 Å². The van der Waals surface area contributed by atoms with E-state index in [9.17, 15) is 0 Å². The SMILES string of the molecule is C=CN(C)C(=NC)SCCC[n+]1ccc(/C=C/c2ccc3c(c2)CCCN3C)cc1. The highest BCUT2D eigenvalue weighted by molar-refractivity contribution is 8.13. The van der Waals surface area contributed by atoms with Crippen molar-refractivity contribution in [2.45, 2.75) is 25.8 Å². The standard InChI is InChI=1S/C25H33N4S/c1-5-27(3)25(26-2)30-19-7-16-29-17-13-21(14-18-29)9-10-22-11-12-24-23(20-22)8-6-15-28(24)4/h5,9-14,17-18,20H,1,6-8,15-16,19H2,2-4H3/q+1. The van der Waals surface area contributed by atoms with Crippen LogP contribution in [0.4, 0.5) is 5.69 Å². The van der Waals surface area contributed by atoms with Gasteiger partial charge in [0.15, 0.2) is 17.6 Å². The Morgan fingerprint density at radius 3 is 2.73 bits per heavy atom. The van der Waals surface area contributed by atoms with Crippen molar-refractivity contribution in [2.75, 3.05) is 38.3 Å². The number of aliphatic imine (C=N–C) groups is 1.